The van der Waals surface area contributed by atoms with E-state index >= 15 is 0 Å². The molecule has 0 unspecified atom stereocenters. The number of hydrogen-bond acceptors (Lipinski definition) is 4. The van der Waals surface area contributed by atoms with E-state index in [9.17, 15) is 4.79 Å². The van der Waals surface area contributed by atoms with E-state index in [4.69, 9.17) is 4.74 Å². The number of hydrogen-bond donors (Lipinski definition) is 1. The van der Waals surface area contributed by atoms with Crippen molar-refractivity contribution in [3.8, 4) is 5.75 Å². The summed E-state index contributed by atoms with van der Waals surface area (Å²) in [6, 6.07) is 11.1. The summed E-state index contributed by atoms with van der Waals surface area (Å²) in [6.07, 6.45) is 1.58. The maximum Gasteiger partial charge on any atom is 0.257 e. The minimum Gasteiger partial charge on any atom is -0.490 e. The van der Waals surface area contributed by atoms with E-state index < -0.39 is 0 Å². The van der Waals surface area contributed by atoms with Crippen LogP contribution >= 0.6 is 0 Å². The molecule has 0 aliphatic rings. The van der Waals surface area contributed by atoms with Crippen LogP contribution in [-0.2, 0) is 0 Å². The first kappa shape index (κ1) is 17.9. The van der Waals surface area contributed by atoms with Gasteiger partial charge in [-0.3, -0.25) is 9.78 Å². The number of ether oxygens (including phenoxy) is 1. The second-order valence-electron chi connectivity index (χ2n) is 5.51. The third-order valence-electron chi connectivity index (χ3n) is 3.87. The Bertz CT molecular complexity index is 652. The summed E-state index contributed by atoms with van der Waals surface area (Å²) >= 11 is 0. The molecule has 0 saturated carbocycles. The average Bonchev–Trinajstić information content (AvgIpc) is 2.60. The molecular formula is C19H25N3O2. The fraction of sp³-hybridized carbons (Fsp3) is 0.368. The Morgan fingerprint density at radius 1 is 1.17 bits per heavy atom. The van der Waals surface area contributed by atoms with E-state index in [-0.39, 0.29) is 5.91 Å². The van der Waals surface area contributed by atoms with E-state index in [1.54, 1.807) is 12.3 Å². The van der Waals surface area contributed by atoms with Crippen molar-refractivity contribution in [1.82, 2.24) is 9.88 Å². The molecule has 5 nitrogen and oxygen atoms in total. The van der Waals surface area contributed by atoms with Crippen molar-refractivity contribution in [3.05, 3.63) is 53.9 Å². The Balaban J connectivity index is 2.00. The normalized spacial score (nSPS) is 10.7. The topological polar surface area (TPSA) is 54.5 Å². The summed E-state index contributed by atoms with van der Waals surface area (Å²) in [4.78, 5) is 18.8. The molecule has 2 aromatic rings. The number of nitrogens with zero attached hydrogens (tertiary/aromatic N) is 2. The van der Waals surface area contributed by atoms with Gasteiger partial charge >= 0.3 is 0 Å². The number of aryl methyl sites for hydroxylation is 1. The molecular weight excluding hydrogens is 302 g/mol. The minimum absolute atomic E-state index is 0.192. The highest BCUT2D eigenvalue weighted by Gasteiger charge is 2.10. The summed E-state index contributed by atoms with van der Waals surface area (Å²) in [5, 5.41) is 2.89. The van der Waals surface area contributed by atoms with Crippen LogP contribution < -0.4 is 10.1 Å². The van der Waals surface area contributed by atoms with Crippen LogP contribution in [0, 0.1) is 6.92 Å². The Labute approximate surface area is 143 Å². The Kier molecular flexibility index (Phi) is 6.75. The molecule has 0 saturated heterocycles. The monoisotopic (exact) mass is 327 g/mol. The Morgan fingerprint density at radius 3 is 2.58 bits per heavy atom. The predicted molar refractivity (Wildman–Crippen MR) is 96.7 cm³/mol. The number of carbonyl (C=O) groups excluding carboxylic acids is 1. The third-order valence-corrected chi connectivity index (χ3v) is 3.87. The van der Waals surface area contributed by atoms with Gasteiger partial charge in [0.15, 0.2) is 0 Å². The van der Waals surface area contributed by atoms with Gasteiger partial charge in [-0.2, -0.15) is 0 Å². The van der Waals surface area contributed by atoms with Crippen molar-refractivity contribution in [2.75, 3.05) is 31.6 Å². The van der Waals surface area contributed by atoms with Gasteiger partial charge in [0.25, 0.3) is 5.91 Å². The summed E-state index contributed by atoms with van der Waals surface area (Å²) in [6.45, 7) is 9.59. The molecule has 1 N–H and O–H groups in total. The van der Waals surface area contributed by atoms with Gasteiger partial charge in [0.05, 0.1) is 11.3 Å². The summed E-state index contributed by atoms with van der Waals surface area (Å²) < 4.78 is 5.86. The lowest BCUT2D eigenvalue weighted by Gasteiger charge is -2.19. The quantitative estimate of drug-likeness (QED) is 0.808. The molecule has 24 heavy (non-hydrogen) atoms. The van der Waals surface area contributed by atoms with Gasteiger partial charge in [0.2, 0.25) is 0 Å². The molecule has 0 aliphatic heterocycles. The number of amides is 1. The summed E-state index contributed by atoms with van der Waals surface area (Å²) in [7, 11) is 0. The second-order valence-corrected chi connectivity index (χ2v) is 5.51. The molecule has 0 fully saturated rings. The minimum atomic E-state index is -0.192. The molecule has 5 heteroatoms. The van der Waals surface area contributed by atoms with Crippen LogP contribution in [0.5, 0.6) is 5.75 Å². The number of anilines is 1. The highest BCUT2D eigenvalue weighted by atomic mass is 16.5. The Morgan fingerprint density at radius 2 is 1.92 bits per heavy atom. The molecule has 0 bridgehead atoms. The van der Waals surface area contributed by atoms with Gasteiger partial charge in [0.1, 0.15) is 12.4 Å². The van der Waals surface area contributed by atoms with Gasteiger partial charge in [-0.1, -0.05) is 26.0 Å². The van der Waals surface area contributed by atoms with Crippen molar-refractivity contribution >= 4 is 11.6 Å². The Hall–Kier alpha value is -2.40. The number of aromatic nitrogens is 1. The highest BCUT2D eigenvalue weighted by molar-refractivity contribution is 6.04. The van der Waals surface area contributed by atoms with Crippen molar-refractivity contribution < 1.29 is 9.53 Å². The first-order valence-corrected chi connectivity index (χ1v) is 8.32. The number of benzene rings is 1. The average molecular weight is 327 g/mol. The van der Waals surface area contributed by atoms with Crippen molar-refractivity contribution in [2.45, 2.75) is 20.8 Å². The first-order chi connectivity index (χ1) is 11.6. The fourth-order valence-corrected chi connectivity index (χ4v) is 2.32. The second kappa shape index (κ2) is 9.03. The molecule has 128 valence electrons. The molecule has 0 radical (unpaired) electrons. The lowest BCUT2D eigenvalue weighted by atomic mass is 10.2. The SMILES string of the molecule is CCN(CC)CCOc1ccccc1NC(=O)c1ccc(C)nc1. The van der Waals surface area contributed by atoms with Crippen molar-refractivity contribution in [2.24, 2.45) is 0 Å². The lowest BCUT2D eigenvalue weighted by molar-refractivity contribution is 0.102. The van der Waals surface area contributed by atoms with E-state index in [1.165, 1.54) is 0 Å². The zero-order valence-corrected chi connectivity index (χ0v) is 14.6. The fourth-order valence-electron chi connectivity index (χ4n) is 2.32. The van der Waals surface area contributed by atoms with Crippen LogP contribution in [0.3, 0.4) is 0 Å². The lowest BCUT2D eigenvalue weighted by Crippen LogP contribution is -2.28. The number of nitrogens with one attached hydrogen (secondary N) is 1. The molecule has 0 spiro atoms. The zero-order valence-electron chi connectivity index (χ0n) is 14.6. The molecule has 1 heterocycles. The smallest absolute Gasteiger partial charge is 0.257 e. The number of likely N-dealkylation sites (N-methyl/N-ethyl adjacent to an activating group) is 1. The van der Waals surface area contributed by atoms with Crippen LogP contribution in [0.25, 0.3) is 0 Å². The van der Waals surface area contributed by atoms with Gasteiger partial charge in [-0.25, -0.2) is 0 Å². The van der Waals surface area contributed by atoms with Gasteiger partial charge in [-0.15, -0.1) is 0 Å². The molecule has 0 aliphatic carbocycles. The van der Waals surface area contributed by atoms with E-state index in [0.717, 1.165) is 25.3 Å². The third kappa shape index (κ3) is 5.06. The highest BCUT2D eigenvalue weighted by Crippen LogP contribution is 2.24. The van der Waals surface area contributed by atoms with Gasteiger partial charge in [-0.05, 0) is 44.3 Å². The molecule has 2 rings (SSSR count). The number of para-hydroxylation sites is 2. The van der Waals surface area contributed by atoms with Crippen LogP contribution in [0.4, 0.5) is 5.69 Å². The number of pyridine rings is 1. The van der Waals surface area contributed by atoms with Gasteiger partial charge < -0.3 is 15.0 Å². The maximum atomic E-state index is 12.3. The van der Waals surface area contributed by atoms with Crippen LogP contribution in [0.15, 0.2) is 42.6 Å². The van der Waals surface area contributed by atoms with Crippen LogP contribution in [-0.4, -0.2) is 42.0 Å². The van der Waals surface area contributed by atoms with Crippen LogP contribution in [0.2, 0.25) is 0 Å². The number of rotatable bonds is 8. The van der Waals surface area contributed by atoms with Crippen LogP contribution in [0.1, 0.15) is 29.9 Å². The first-order valence-electron chi connectivity index (χ1n) is 8.32. The maximum absolute atomic E-state index is 12.3. The molecule has 0 atom stereocenters. The molecule has 1 aromatic carbocycles. The standard InChI is InChI=1S/C19H25N3O2/c1-4-22(5-2)12-13-24-18-9-7-6-8-17(18)21-19(23)16-11-10-15(3)20-14-16/h6-11,14H,4-5,12-13H2,1-3H3,(H,21,23). The zero-order chi connectivity index (χ0) is 17.4. The summed E-state index contributed by atoms with van der Waals surface area (Å²) in [5.41, 5.74) is 2.08. The molecule has 1 amide bonds. The van der Waals surface area contributed by atoms with E-state index in [2.05, 4.69) is 29.0 Å². The largest absolute Gasteiger partial charge is 0.490 e. The van der Waals surface area contributed by atoms with E-state index in [0.29, 0.717) is 23.6 Å². The van der Waals surface area contributed by atoms with Gasteiger partial charge in [0, 0.05) is 18.4 Å². The van der Waals surface area contributed by atoms with Crippen molar-refractivity contribution in [3.63, 3.8) is 0 Å². The van der Waals surface area contributed by atoms with E-state index in [1.807, 2.05) is 37.3 Å². The van der Waals surface area contributed by atoms with Crippen molar-refractivity contribution in [1.29, 1.82) is 0 Å². The predicted octanol–water partition coefficient (Wildman–Crippen LogP) is 3.36. The number of carbonyl (C=O) groups is 1. The summed E-state index contributed by atoms with van der Waals surface area (Å²) in [5.74, 6) is 0.486. The molecule has 1 aromatic heterocycles.